The van der Waals surface area contributed by atoms with Crippen LogP contribution in [0.25, 0.3) is 5.57 Å². The van der Waals surface area contributed by atoms with Crippen molar-refractivity contribution in [1.82, 2.24) is 0 Å². The summed E-state index contributed by atoms with van der Waals surface area (Å²) in [4.78, 5) is 11.6. The van der Waals surface area contributed by atoms with E-state index in [0.717, 1.165) is 10.6 Å². The molecule has 0 aliphatic carbocycles. The molecule has 0 atom stereocenters. The van der Waals surface area contributed by atoms with Gasteiger partial charge in [-0.1, -0.05) is 60.1 Å². The summed E-state index contributed by atoms with van der Waals surface area (Å²) in [5.74, 6) is 0.105. The first-order chi connectivity index (χ1) is 14.0. The Morgan fingerprint density at radius 1 is 1.03 bits per heavy atom. The highest BCUT2D eigenvalue weighted by Crippen LogP contribution is 2.31. The number of halogens is 2. The fraction of sp³-hybridized carbons (Fsp3) is 0.0870. The van der Waals surface area contributed by atoms with Crippen LogP contribution in [0.3, 0.4) is 0 Å². The van der Waals surface area contributed by atoms with Gasteiger partial charge in [-0.15, -0.1) is 11.8 Å². The molecule has 3 aromatic rings. The molecule has 1 N–H and O–H groups in total. The molecule has 0 aliphatic heterocycles. The van der Waals surface area contributed by atoms with Gasteiger partial charge in [0, 0.05) is 14.2 Å². The minimum Gasteiger partial charge on any atom is -0.480 e. The predicted octanol–water partition coefficient (Wildman–Crippen LogP) is 6.63. The maximum Gasteiger partial charge on any atom is 0.341 e. The highest BCUT2D eigenvalue weighted by Gasteiger charge is 2.07. The second kappa shape index (κ2) is 10.7. The summed E-state index contributed by atoms with van der Waals surface area (Å²) in [5, 5.41) is 9.12. The zero-order chi connectivity index (χ0) is 20.6. The summed E-state index contributed by atoms with van der Waals surface area (Å²) in [7, 11) is 0. The van der Waals surface area contributed by atoms with Gasteiger partial charge < -0.3 is 9.84 Å². The number of carboxylic acid groups (broad SMARTS) is 1. The van der Waals surface area contributed by atoms with Gasteiger partial charge in [0.2, 0.25) is 0 Å². The lowest BCUT2D eigenvalue weighted by Crippen LogP contribution is -2.09. The van der Waals surface area contributed by atoms with Crippen LogP contribution in [0.15, 0.2) is 83.8 Å². The van der Waals surface area contributed by atoms with Gasteiger partial charge in [-0.2, -0.15) is 0 Å². The fourth-order valence-corrected chi connectivity index (χ4v) is 4.17. The molecular weight excluding hydrogens is 519 g/mol. The summed E-state index contributed by atoms with van der Waals surface area (Å²) in [5.41, 5.74) is 3.53. The number of carbonyl (C=O) groups is 1. The Morgan fingerprint density at radius 3 is 2.38 bits per heavy atom. The Labute approximate surface area is 192 Å². The van der Waals surface area contributed by atoms with Crippen molar-refractivity contribution in [3.8, 4) is 5.75 Å². The SMILES string of the molecule is O=C(O)COc1ccc(SCC=C(c2ccccc2)c2ccc(I)cc2)cc1Cl. The lowest BCUT2D eigenvalue weighted by Gasteiger charge is -2.10. The van der Waals surface area contributed by atoms with Gasteiger partial charge in [0.05, 0.1) is 5.02 Å². The van der Waals surface area contributed by atoms with Gasteiger partial charge in [0.25, 0.3) is 0 Å². The molecule has 148 valence electrons. The van der Waals surface area contributed by atoms with E-state index in [1.807, 2.05) is 24.3 Å². The Kier molecular flexibility index (Phi) is 8.03. The van der Waals surface area contributed by atoms with Crippen molar-refractivity contribution < 1.29 is 14.6 Å². The topological polar surface area (TPSA) is 46.5 Å². The first-order valence-electron chi connectivity index (χ1n) is 8.81. The lowest BCUT2D eigenvalue weighted by atomic mass is 9.98. The van der Waals surface area contributed by atoms with Crippen LogP contribution in [0.2, 0.25) is 5.02 Å². The molecule has 3 rings (SSSR count). The average Bonchev–Trinajstić information content (AvgIpc) is 2.72. The summed E-state index contributed by atoms with van der Waals surface area (Å²) >= 11 is 10.2. The molecule has 0 saturated heterocycles. The van der Waals surface area contributed by atoms with Gasteiger partial charge in [-0.05, 0) is 69.6 Å². The molecule has 0 aliphatic rings. The van der Waals surface area contributed by atoms with E-state index in [1.165, 1.54) is 20.3 Å². The maximum atomic E-state index is 10.6. The molecule has 3 nitrogen and oxygen atoms in total. The average molecular weight is 537 g/mol. The van der Waals surface area contributed by atoms with Crippen molar-refractivity contribution >= 4 is 57.5 Å². The van der Waals surface area contributed by atoms with E-state index in [4.69, 9.17) is 21.4 Å². The number of hydrogen-bond acceptors (Lipinski definition) is 3. The second-order valence-corrected chi connectivity index (χ2v) is 8.82. The van der Waals surface area contributed by atoms with E-state index < -0.39 is 12.6 Å². The van der Waals surface area contributed by atoms with Crippen LogP contribution in [0.1, 0.15) is 11.1 Å². The largest absolute Gasteiger partial charge is 0.480 e. The Bertz CT molecular complexity index is 1000. The van der Waals surface area contributed by atoms with Gasteiger partial charge in [0.1, 0.15) is 5.75 Å². The fourth-order valence-electron chi connectivity index (χ4n) is 2.70. The summed E-state index contributed by atoms with van der Waals surface area (Å²) in [6, 6.07) is 24.2. The lowest BCUT2D eigenvalue weighted by molar-refractivity contribution is -0.139. The van der Waals surface area contributed by atoms with Gasteiger partial charge >= 0.3 is 5.97 Å². The van der Waals surface area contributed by atoms with E-state index >= 15 is 0 Å². The molecule has 0 aromatic heterocycles. The van der Waals surface area contributed by atoms with Crippen LogP contribution in [-0.4, -0.2) is 23.4 Å². The van der Waals surface area contributed by atoms with E-state index in [9.17, 15) is 4.79 Å². The minimum atomic E-state index is -1.03. The Balaban J connectivity index is 1.75. The third-order valence-electron chi connectivity index (χ3n) is 4.03. The third kappa shape index (κ3) is 6.52. The zero-order valence-electron chi connectivity index (χ0n) is 15.3. The summed E-state index contributed by atoms with van der Waals surface area (Å²) in [6.45, 7) is -0.411. The van der Waals surface area contributed by atoms with Crippen molar-refractivity contribution in [3.63, 3.8) is 0 Å². The van der Waals surface area contributed by atoms with E-state index in [1.54, 1.807) is 23.9 Å². The van der Waals surface area contributed by atoms with Crippen LogP contribution >= 0.6 is 46.0 Å². The maximum absolute atomic E-state index is 10.6. The number of rotatable bonds is 8. The monoisotopic (exact) mass is 536 g/mol. The third-order valence-corrected chi connectivity index (χ3v) is 5.97. The number of benzene rings is 3. The van der Waals surface area contributed by atoms with Crippen molar-refractivity contribution in [1.29, 1.82) is 0 Å². The van der Waals surface area contributed by atoms with Crippen LogP contribution < -0.4 is 4.74 Å². The first kappa shape index (κ1) is 21.7. The molecule has 0 spiro atoms. The predicted molar refractivity (Wildman–Crippen MR) is 128 cm³/mol. The van der Waals surface area contributed by atoms with E-state index in [0.29, 0.717) is 10.8 Å². The van der Waals surface area contributed by atoms with E-state index in [2.05, 4.69) is 65.1 Å². The summed E-state index contributed by atoms with van der Waals surface area (Å²) < 4.78 is 6.37. The molecule has 6 heteroatoms. The summed E-state index contributed by atoms with van der Waals surface area (Å²) in [6.07, 6.45) is 2.21. The normalized spacial score (nSPS) is 11.3. The van der Waals surface area contributed by atoms with Crippen LogP contribution in [0.5, 0.6) is 5.75 Å². The molecule has 0 radical (unpaired) electrons. The zero-order valence-corrected chi connectivity index (χ0v) is 19.1. The molecule has 0 bridgehead atoms. The molecule has 0 fully saturated rings. The number of hydrogen-bond donors (Lipinski definition) is 1. The number of aliphatic carboxylic acids is 1. The Hall–Kier alpha value is -1.96. The van der Waals surface area contributed by atoms with Crippen molar-refractivity contribution in [2.24, 2.45) is 0 Å². The highest BCUT2D eigenvalue weighted by molar-refractivity contribution is 14.1. The van der Waals surface area contributed by atoms with Crippen molar-refractivity contribution in [2.45, 2.75) is 4.90 Å². The smallest absolute Gasteiger partial charge is 0.341 e. The molecule has 0 saturated carbocycles. The van der Waals surface area contributed by atoms with Crippen LogP contribution in [0, 0.1) is 3.57 Å². The second-order valence-electron chi connectivity index (χ2n) is 6.08. The molecule has 3 aromatic carbocycles. The van der Waals surface area contributed by atoms with Gasteiger partial charge in [0.15, 0.2) is 6.61 Å². The van der Waals surface area contributed by atoms with Crippen molar-refractivity contribution in [3.05, 3.63) is 98.6 Å². The van der Waals surface area contributed by atoms with Gasteiger partial charge in [-0.25, -0.2) is 4.79 Å². The van der Waals surface area contributed by atoms with Crippen molar-refractivity contribution in [2.75, 3.05) is 12.4 Å². The molecule has 0 unspecified atom stereocenters. The molecule has 0 heterocycles. The number of thioether (sulfide) groups is 1. The van der Waals surface area contributed by atoms with Crippen LogP contribution in [-0.2, 0) is 4.79 Å². The minimum absolute atomic E-state index is 0.373. The number of carboxylic acids is 1. The van der Waals surface area contributed by atoms with Gasteiger partial charge in [-0.3, -0.25) is 0 Å². The highest BCUT2D eigenvalue weighted by atomic mass is 127. The standard InChI is InChI=1S/C23H18ClIO3S/c24-21-14-19(10-11-22(21)28-15-23(26)27)29-13-12-20(16-4-2-1-3-5-16)17-6-8-18(25)9-7-17/h1-12,14H,13,15H2,(H,26,27). The molecule has 0 amide bonds. The Morgan fingerprint density at radius 2 is 1.72 bits per heavy atom. The first-order valence-corrected chi connectivity index (χ1v) is 11.3. The molecule has 29 heavy (non-hydrogen) atoms. The van der Waals surface area contributed by atoms with E-state index in [-0.39, 0.29) is 0 Å². The van der Waals surface area contributed by atoms with Crippen LogP contribution in [0.4, 0.5) is 0 Å². The molecular formula is C23H18ClIO3S. The number of ether oxygens (including phenoxy) is 1. The quantitative estimate of drug-likeness (QED) is 0.259.